The predicted octanol–water partition coefficient (Wildman–Crippen LogP) is 4.93. The molecule has 26 heavy (non-hydrogen) atoms. The topological polar surface area (TPSA) is 56.8 Å². The summed E-state index contributed by atoms with van der Waals surface area (Å²) in [7, 11) is 3.14. The van der Waals surface area contributed by atoms with Crippen molar-refractivity contribution in [1.29, 1.82) is 0 Å². The third kappa shape index (κ3) is 5.38. The normalized spacial score (nSPS) is 10.5. The minimum absolute atomic E-state index is 0.233. The molecule has 0 fully saturated rings. The number of nitrogens with one attached hydrogen (secondary N) is 1. The number of rotatable bonds is 9. The summed E-state index contributed by atoms with van der Waals surface area (Å²) in [6, 6.07) is 10.4. The molecule has 0 aliphatic heterocycles. The van der Waals surface area contributed by atoms with Gasteiger partial charge >= 0.3 is 0 Å². The van der Waals surface area contributed by atoms with Crippen LogP contribution in [0.2, 0.25) is 5.02 Å². The van der Waals surface area contributed by atoms with Crippen LogP contribution in [0.3, 0.4) is 0 Å². The van der Waals surface area contributed by atoms with E-state index < -0.39 is 0 Å². The van der Waals surface area contributed by atoms with Crippen LogP contribution in [0.1, 0.15) is 35.7 Å². The summed E-state index contributed by atoms with van der Waals surface area (Å²) in [4.78, 5) is 12.5. The molecule has 2 rings (SSSR count). The summed E-state index contributed by atoms with van der Waals surface area (Å²) in [5.74, 6) is 1.02. The first-order valence-electron chi connectivity index (χ1n) is 8.48. The van der Waals surface area contributed by atoms with Gasteiger partial charge in [0.25, 0.3) is 5.91 Å². The van der Waals surface area contributed by atoms with Crippen LogP contribution in [0.4, 0.5) is 5.69 Å². The van der Waals surface area contributed by atoms with E-state index in [0.29, 0.717) is 41.0 Å². The van der Waals surface area contributed by atoms with Crippen molar-refractivity contribution in [3.05, 3.63) is 52.5 Å². The van der Waals surface area contributed by atoms with Crippen LogP contribution in [0.15, 0.2) is 36.4 Å². The molecule has 2 aromatic carbocycles. The highest BCUT2D eigenvalue weighted by Gasteiger charge is 2.12. The molecule has 1 amide bonds. The van der Waals surface area contributed by atoms with Crippen LogP contribution in [-0.4, -0.2) is 26.7 Å². The quantitative estimate of drug-likeness (QED) is 0.630. The largest absolute Gasteiger partial charge is 0.496 e. The van der Waals surface area contributed by atoms with Crippen LogP contribution in [-0.2, 0) is 11.3 Å². The molecule has 0 heterocycles. The molecule has 0 unspecified atom stereocenters. The average Bonchev–Trinajstić information content (AvgIpc) is 2.65. The monoisotopic (exact) mass is 377 g/mol. The average molecular weight is 378 g/mol. The van der Waals surface area contributed by atoms with Crippen molar-refractivity contribution in [3.63, 3.8) is 0 Å². The Kier molecular flexibility index (Phi) is 7.75. The highest BCUT2D eigenvalue weighted by molar-refractivity contribution is 6.32. The van der Waals surface area contributed by atoms with Crippen LogP contribution in [0, 0.1) is 0 Å². The molecule has 0 spiro atoms. The molecule has 0 radical (unpaired) electrons. The first kappa shape index (κ1) is 20.1. The molecule has 2 aromatic rings. The smallest absolute Gasteiger partial charge is 0.255 e. The fraction of sp³-hybridized carbons (Fsp3) is 0.350. The highest BCUT2D eigenvalue weighted by atomic mass is 35.5. The van der Waals surface area contributed by atoms with Crippen molar-refractivity contribution in [2.45, 2.75) is 26.4 Å². The summed E-state index contributed by atoms with van der Waals surface area (Å²) in [5, 5.41) is 3.27. The van der Waals surface area contributed by atoms with Gasteiger partial charge in [-0.3, -0.25) is 4.79 Å². The Bertz CT molecular complexity index is 749. The Morgan fingerprint density at radius 2 is 1.81 bits per heavy atom. The summed E-state index contributed by atoms with van der Waals surface area (Å²) in [5.41, 5.74) is 1.95. The lowest BCUT2D eigenvalue weighted by atomic mass is 10.1. The van der Waals surface area contributed by atoms with Gasteiger partial charge < -0.3 is 19.5 Å². The second-order valence-corrected chi connectivity index (χ2v) is 6.14. The molecule has 0 aliphatic rings. The number of hydrogen-bond donors (Lipinski definition) is 1. The summed E-state index contributed by atoms with van der Waals surface area (Å²) < 4.78 is 16.1. The first-order chi connectivity index (χ1) is 12.6. The Morgan fingerprint density at radius 1 is 1.08 bits per heavy atom. The number of amides is 1. The minimum atomic E-state index is -0.233. The molecule has 0 saturated heterocycles. The lowest BCUT2D eigenvalue weighted by Gasteiger charge is -2.12. The van der Waals surface area contributed by atoms with Gasteiger partial charge in [0.1, 0.15) is 11.5 Å². The first-order valence-corrected chi connectivity index (χ1v) is 8.86. The summed E-state index contributed by atoms with van der Waals surface area (Å²) in [6.07, 6.45) is 2.07. The zero-order valence-electron chi connectivity index (χ0n) is 15.3. The molecule has 5 nitrogen and oxygen atoms in total. The van der Waals surface area contributed by atoms with Crippen molar-refractivity contribution < 1.29 is 19.0 Å². The van der Waals surface area contributed by atoms with Gasteiger partial charge in [-0.2, -0.15) is 0 Å². The lowest BCUT2D eigenvalue weighted by Crippen LogP contribution is -2.12. The van der Waals surface area contributed by atoms with Gasteiger partial charge in [-0.05, 0) is 42.8 Å². The molecule has 6 heteroatoms. The number of carbonyl (C=O) groups is 1. The standard InChI is InChI=1S/C20H24ClNO4/c1-4-5-10-26-13-15-11-14(6-8-18(15)24-2)20(23)22-16-7-9-19(25-3)17(21)12-16/h6-9,11-12H,4-5,10,13H2,1-3H3,(H,22,23). The maximum absolute atomic E-state index is 12.5. The number of anilines is 1. The molecule has 0 aliphatic carbocycles. The number of ether oxygens (including phenoxy) is 3. The van der Waals surface area contributed by atoms with Crippen LogP contribution < -0.4 is 14.8 Å². The minimum Gasteiger partial charge on any atom is -0.496 e. The maximum atomic E-state index is 12.5. The van der Waals surface area contributed by atoms with Crippen molar-refractivity contribution in [2.75, 3.05) is 26.1 Å². The number of halogens is 1. The maximum Gasteiger partial charge on any atom is 0.255 e. The number of carbonyl (C=O) groups excluding carboxylic acids is 1. The fourth-order valence-corrected chi connectivity index (χ4v) is 2.67. The van der Waals surface area contributed by atoms with E-state index in [2.05, 4.69) is 12.2 Å². The zero-order valence-corrected chi connectivity index (χ0v) is 16.1. The Hall–Kier alpha value is -2.24. The fourth-order valence-electron chi connectivity index (χ4n) is 2.41. The molecule has 0 bridgehead atoms. The molecule has 0 atom stereocenters. The van der Waals surface area contributed by atoms with Crippen LogP contribution in [0.25, 0.3) is 0 Å². The van der Waals surface area contributed by atoms with Crippen LogP contribution in [0.5, 0.6) is 11.5 Å². The molecular weight excluding hydrogens is 354 g/mol. The molecular formula is C20H24ClNO4. The van der Waals surface area contributed by atoms with Crippen molar-refractivity contribution >= 4 is 23.2 Å². The predicted molar refractivity (Wildman–Crippen MR) is 104 cm³/mol. The van der Waals surface area contributed by atoms with E-state index in [-0.39, 0.29) is 5.91 Å². The van der Waals surface area contributed by atoms with E-state index in [1.165, 1.54) is 0 Å². The molecule has 140 valence electrons. The molecule has 1 N–H and O–H groups in total. The second kappa shape index (κ2) is 10.0. The summed E-state index contributed by atoms with van der Waals surface area (Å²) >= 11 is 6.10. The van der Waals surface area contributed by atoms with Gasteiger partial charge in [0.15, 0.2) is 0 Å². The molecule has 0 aromatic heterocycles. The van der Waals surface area contributed by atoms with E-state index in [1.807, 2.05) is 0 Å². The Labute approximate surface area is 159 Å². The number of unbranched alkanes of at least 4 members (excludes halogenated alkanes) is 1. The van der Waals surface area contributed by atoms with Gasteiger partial charge in [-0.25, -0.2) is 0 Å². The Morgan fingerprint density at radius 3 is 2.46 bits per heavy atom. The number of methoxy groups -OCH3 is 2. The van der Waals surface area contributed by atoms with E-state index in [4.69, 9.17) is 25.8 Å². The van der Waals surface area contributed by atoms with E-state index in [1.54, 1.807) is 50.6 Å². The Balaban J connectivity index is 2.11. The third-order valence-corrected chi connectivity index (χ3v) is 4.15. The summed E-state index contributed by atoms with van der Waals surface area (Å²) in [6.45, 7) is 3.19. The van der Waals surface area contributed by atoms with Gasteiger partial charge in [-0.15, -0.1) is 0 Å². The number of benzene rings is 2. The van der Waals surface area contributed by atoms with Crippen molar-refractivity contribution in [3.8, 4) is 11.5 Å². The molecule has 0 saturated carbocycles. The highest BCUT2D eigenvalue weighted by Crippen LogP contribution is 2.28. The number of hydrogen-bond acceptors (Lipinski definition) is 4. The lowest BCUT2D eigenvalue weighted by molar-refractivity contribution is 0.102. The second-order valence-electron chi connectivity index (χ2n) is 5.74. The van der Waals surface area contributed by atoms with E-state index in [0.717, 1.165) is 18.4 Å². The van der Waals surface area contributed by atoms with E-state index in [9.17, 15) is 4.79 Å². The zero-order chi connectivity index (χ0) is 18.9. The van der Waals surface area contributed by atoms with Crippen molar-refractivity contribution in [1.82, 2.24) is 0 Å². The van der Waals surface area contributed by atoms with Gasteiger partial charge in [-0.1, -0.05) is 24.9 Å². The van der Waals surface area contributed by atoms with Crippen LogP contribution >= 0.6 is 11.6 Å². The SMILES string of the molecule is CCCCOCc1cc(C(=O)Nc2ccc(OC)c(Cl)c2)ccc1OC. The van der Waals surface area contributed by atoms with Gasteiger partial charge in [0.2, 0.25) is 0 Å². The van der Waals surface area contributed by atoms with Gasteiger partial charge in [0, 0.05) is 23.4 Å². The van der Waals surface area contributed by atoms with Gasteiger partial charge in [0.05, 0.1) is 25.8 Å². The third-order valence-electron chi connectivity index (χ3n) is 3.85. The van der Waals surface area contributed by atoms with E-state index >= 15 is 0 Å². The van der Waals surface area contributed by atoms with Crippen molar-refractivity contribution in [2.24, 2.45) is 0 Å².